The van der Waals surface area contributed by atoms with E-state index in [2.05, 4.69) is 13.0 Å². The molecule has 0 amide bonds. The molecular weight excluding hydrogens is 148 g/mol. The van der Waals surface area contributed by atoms with Crippen LogP contribution in [0.15, 0.2) is 18.2 Å². The summed E-state index contributed by atoms with van der Waals surface area (Å²) in [6.45, 7) is 2.09. The summed E-state index contributed by atoms with van der Waals surface area (Å²) in [7, 11) is 0. The van der Waals surface area contributed by atoms with Crippen LogP contribution in [0.4, 0.5) is 5.69 Å². The number of nitrogens with two attached hydrogens (primary N) is 1. The van der Waals surface area contributed by atoms with Gasteiger partial charge in [0.1, 0.15) is 6.07 Å². The minimum Gasteiger partial charge on any atom is -0.398 e. The van der Waals surface area contributed by atoms with E-state index in [1.807, 2.05) is 12.1 Å². The molecule has 2 heteroatoms. The molecule has 1 rings (SSSR count). The van der Waals surface area contributed by atoms with E-state index in [1.54, 1.807) is 6.07 Å². The predicted octanol–water partition coefficient (Wildman–Crippen LogP) is 2.09. The van der Waals surface area contributed by atoms with Crippen molar-refractivity contribution >= 4 is 5.69 Å². The zero-order valence-electron chi connectivity index (χ0n) is 7.17. The topological polar surface area (TPSA) is 49.8 Å². The Labute approximate surface area is 72.6 Å². The summed E-state index contributed by atoms with van der Waals surface area (Å²) in [6.07, 6.45) is 1.96. The molecule has 0 aliphatic carbocycles. The maximum atomic E-state index is 8.80. The van der Waals surface area contributed by atoms with Gasteiger partial charge in [-0.25, -0.2) is 0 Å². The van der Waals surface area contributed by atoms with E-state index in [0.717, 1.165) is 18.4 Å². The molecule has 0 bridgehead atoms. The van der Waals surface area contributed by atoms with Crippen molar-refractivity contribution in [2.75, 3.05) is 5.73 Å². The number of hydrogen-bond acceptors (Lipinski definition) is 2. The summed E-state index contributed by atoms with van der Waals surface area (Å²) in [6, 6.07) is 7.73. The molecular formula is C10H12N2. The van der Waals surface area contributed by atoms with Gasteiger partial charge < -0.3 is 5.73 Å². The summed E-state index contributed by atoms with van der Waals surface area (Å²) >= 11 is 0. The Morgan fingerprint density at radius 3 is 2.83 bits per heavy atom. The Bertz CT molecular complexity index is 310. The smallest absolute Gasteiger partial charge is 0.102 e. The molecule has 2 nitrogen and oxygen atoms in total. The van der Waals surface area contributed by atoms with Crippen molar-refractivity contribution in [3.8, 4) is 6.07 Å². The molecule has 0 spiro atoms. The number of aryl methyl sites for hydroxylation is 1. The number of nitriles is 1. The monoisotopic (exact) mass is 160 g/mol. The molecule has 0 heterocycles. The Morgan fingerprint density at radius 1 is 1.50 bits per heavy atom. The number of hydrogen-bond donors (Lipinski definition) is 1. The van der Waals surface area contributed by atoms with E-state index in [9.17, 15) is 0 Å². The van der Waals surface area contributed by atoms with E-state index in [0.29, 0.717) is 11.3 Å². The van der Waals surface area contributed by atoms with Gasteiger partial charge in [0.2, 0.25) is 0 Å². The minimum absolute atomic E-state index is 0.587. The lowest BCUT2D eigenvalue weighted by atomic mass is 10.0. The molecule has 0 aliphatic rings. The first kappa shape index (κ1) is 8.61. The molecule has 0 aliphatic heterocycles. The van der Waals surface area contributed by atoms with Crippen molar-refractivity contribution in [3.05, 3.63) is 29.3 Å². The molecule has 0 aromatic heterocycles. The van der Waals surface area contributed by atoms with Crippen LogP contribution in [0.5, 0.6) is 0 Å². The van der Waals surface area contributed by atoms with Crippen LogP contribution in [0.1, 0.15) is 24.5 Å². The van der Waals surface area contributed by atoms with Crippen molar-refractivity contribution in [2.45, 2.75) is 19.8 Å². The van der Waals surface area contributed by atoms with Crippen molar-refractivity contribution in [3.63, 3.8) is 0 Å². The Hall–Kier alpha value is -1.49. The molecule has 0 saturated carbocycles. The van der Waals surface area contributed by atoms with Gasteiger partial charge in [-0.15, -0.1) is 0 Å². The molecule has 1 aromatic rings. The highest BCUT2D eigenvalue weighted by Crippen LogP contribution is 2.16. The molecule has 12 heavy (non-hydrogen) atoms. The Balaban J connectivity index is 3.11. The van der Waals surface area contributed by atoms with Crippen molar-refractivity contribution < 1.29 is 0 Å². The van der Waals surface area contributed by atoms with Gasteiger partial charge in [0.15, 0.2) is 0 Å². The first-order valence-corrected chi connectivity index (χ1v) is 4.07. The van der Waals surface area contributed by atoms with Gasteiger partial charge in [-0.1, -0.05) is 25.5 Å². The number of nitrogen functional groups attached to an aromatic ring is 1. The van der Waals surface area contributed by atoms with E-state index in [-0.39, 0.29) is 0 Å². The predicted molar refractivity (Wildman–Crippen MR) is 49.6 cm³/mol. The van der Waals surface area contributed by atoms with Gasteiger partial charge in [-0.3, -0.25) is 0 Å². The van der Waals surface area contributed by atoms with Gasteiger partial charge in [-0.2, -0.15) is 5.26 Å². The van der Waals surface area contributed by atoms with Gasteiger partial charge in [-0.05, 0) is 18.1 Å². The average molecular weight is 160 g/mol. The quantitative estimate of drug-likeness (QED) is 0.673. The number of nitrogens with zero attached hydrogens (tertiary/aromatic N) is 1. The van der Waals surface area contributed by atoms with Crippen LogP contribution in [0, 0.1) is 11.3 Å². The van der Waals surface area contributed by atoms with Crippen LogP contribution in [0.2, 0.25) is 0 Å². The third-order valence-electron chi connectivity index (χ3n) is 1.81. The van der Waals surface area contributed by atoms with Crippen LogP contribution in [0.3, 0.4) is 0 Å². The van der Waals surface area contributed by atoms with Crippen LogP contribution >= 0.6 is 0 Å². The molecule has 0 saturated heterocycles. The molecule has 62 valence electrons. The molecule has 0 unspecified atom stereocenters. The van der Waals surface area contributed by atoms with E-state index in [4.69, 9.17) is 11.0 Å². The SMILES string of the molecule is CCCc1cccc(N)c1C#N. The maximum Gasteiger partial charge on any atom is 0.102 e. The van der Waals surface area contributed by atoms with Crippen molar-refractivity contribution in [1.29, 1.82) is 5.26 Å². The average Bonchev–Trinajstić information content (AvgIpc) is 2.05. The lowest BCUT2D eigenvalue weighted by Crippen LogP contribution is -1.95. The standard InChI is InChI=1S/C10H12N2/c1-2-4-8-5-3-6-10(12)9(8)7-11/h3,5-6H,2,4,12H2,1H3. The summed E-state index contributed by atoms with van der Waals surface area (Å²) in [5.41, 5.74) is 7.92. The third kappa shape index (κ3) is 1.57. The molecule has 2 N–H and O–H groups in total. The Morgan fingerprint density at radius 2 is 2.25 bits per heavy atom. The van der Waals surface area contributed by atoms with Gasteiger partial charge >= 0.3 is 0 Å². The Kier molecular flexibility index (Phi) is 2.71. The van der Waals surface area contributed by atoms with Crippen molar-refractivity contribution in [2.24, 2.45) is 0 Å². The molecule has 0 radical (unpaired) electrons. The number of benzene rings is 1. The van der Waals surface area contributed by atoms with Crippen LogP contribution in [-0.4, -0.2) is 0 Å². The first-order valence-electron chi connectivity index (χ1n) is 4.07. The normalized spacial score (nSPS) is 9.33. The van der Waals surface area contributed by atoms with Crippen LogP contribution in [0.25, 0.3) is 0 Å². The zero-order valence-corrected chi connectivity index (χ0v) is 7.17. The highest BCUT2D eigenvalue weighted by atomic mass is 14.6. The largest absolute Gasteiger partial charge is 0.398 e. The molecule has 0 atom stereocenters. The molecule has 1 aromatic carbocycles. The van der Waals surface area contributed by atoms with Gasteiger partial charge in [0.05, 0.1) is 5.56 Å². The fraction of sp³-hybridized carbons (Fsp3) is 0.300. The second-order valence-electron chi connectivity index (χ2n) is 2.74. The number of anilines is 1. The lowest BCUT2D eigenvalue weighted by molar-refractivity contribution is 0.919. The summed E-state index contributed by atoms with van der Waals surface area (Å²) in [5.74, 6) is 0. The second-order valence-corrected chi connectivity index (χ2v) is 2.74. The van der Waals surface area contributed by atoms with Crippen LogP contribution in [-0.2, 0) is 6.42 Å². The fourth-order valence-corrected chi connectivity index (χ4v) is 1.23. The van der Waals surface area contributed by atoms with E-state index < -0.39 is 0 Å². The summed E-state index contributed by atoms with van der Waals surface area (Å²) in [5, 5.41) is 8.80. The van der Waals surface area contributed by atoms with Crippen molar-refractivity contribution in [1.82, 2.24) is 0 Å². The van der Waals surface area contributed by atoms with Gasteiger partial charge in [0.25, 0.3) is 0 Å². The molecule has 0 fully saturated rings. The highest BCUT2D eigenvalue weighted by molar-refractivity contribution is 5.57. The lowest BCUT2D eigenvalue weighted by Gasteiger charge is -2.03. The summed E-state index contributed by atoms with van der Waals surface area (Å²) in [4.78, 5) is 0. The first-order chi connectivity index (χ1) is 5.79. The zero-order chi connectivity index (χ0) is 8.97. The van der Waals surface area contributed by atoms with E-state index >= 15 is 0 Å². The fourth-order valence-electron chi connectivity index (χ4n) is 1.23. The number of rotatable bonds is 2. The van der Waals surface area contributed by atoms with Crippen LogP contribution < -0.4 is 5.73 Å². The van der Waals surface area contributed by atoms with Gasteiger partial charge in [0, 0.05) is 5.69 Å². The second kappa shape index (κ2) is 3.77. The highest BCUT2D eigenvalue weighted by Gasteiger charge is 2.02. The third-order valence-corrected chi connectivity index (χ3v) is 1.81. The summed E-state index contributed by atoms with van der Waals surface area (Å²) < 4.78 is 0. The maximum absolute atomic E-state index is 8.80. The minimum atomic E-state index is 0.587. The van der Waals surface area contributed by atoms with E-state index in [1.165, 1.54) is 0 Å².